The first-order valence-electron chi connectivity index (χ1n) is 7.32. The lowest BCUT2D eigenvalue weighted by Crippen LogP contribution is -2.42. The Balaban J connectivity index is 1.59. The second-order valence-electron chi connectivity index (χ2n) is 5.73. The molecule has 94 valence electrons. The molecule has 1 heterocycles. The summed E-state index contributed by atoms with van der Waals surface area (Å²) in [5.41, 5.74) is 0. The molecule has 0 unspecified atom stereocenters. The molecule has 2 aliphatic rings. The third-order valence-electron chi connectivity index (χ3n) is 4.58. The zero-order valence-corrected chi connectivity index (χ0v) is 10.8. The lowest BCUT2D eigenvalue weighted by Gasteiger charge is -2.30. The van der Waals surface area contributed by atoms with Crippen LogP contribution in [-0.2, 0) is 0 Å². The van der Waals surface area contributed by atoms with E-state index in [0.29, 0.717) is 0 Å². The van der Waals surface area contributed by atoms with Crippen LogP contribution >= 0.6 is 0 Å². The maximum Gasteiger partial charge on any atom is 0.00913 e. The molecule has 0 atom stereocenters. The minimum atomic E-state index is 0.796. The quantitative estimate of drug-likeness (QED) is 0.767. The Morgan fingerprint density at radius 1 is 0.938 bits per heavy atom. The minimum absolute atomic E-state index is 0.796. The normalized spacial score (nSPS) is 32.8. The molecule has 0 spiro atoms. The van der Waals surface area contributed by atoms with Crippen LogP contribution < -0.4 is 10.6 Å². The summed E-state index contributed by atoms with van der Waals surface area (Å²) in [5.74, 6) is 2.01. The zero-order chi connectivity index (χ0) is 11.2. The van der Waals surface area contributed by atoms with Gasteiger partial charge in [0.25, 0.3) is 0 Å². The SMILES string of the molecule is CCC1CCC(CNC2CCNCC2)CC1. The molecule has 2 rings (SSSR count). The Kier molecular flexibility index (Phi) is 5.11. The minimum Gasteiger partial charge on any atom is -0.317 e. The fraction of sp³-hybridized carbons (Fsp3) is 1.00. The van der Waals surface area contributed by atoms with E-state index in [-0.39, 0.29) is 0 Å². The molecule has 0 bridgehead atoms. The summed E-state index contributed by atoms with van der Waals surface area (Å²) in [7, 11) is 0. The first-order chi connectivity index (χ1) is 7.88. The highest BCUT2D eigenvalue weighted by Gasteiger charge is 2.21. The van der Waals surface area contributed by atoms with Crippen LogP contribution in [0, 0.1) is 11.8 Å². The Morgan fingerprint density at radius 2 is 1.56 bits per heavy atom. The van der Waals surface area contributed by atoms with Crippen LogP contribution in [0.5, 0.6) is 0 Å². The van der Waals surface area contributed by atoms with Crippen molar-refractivity contribution < 1.29 is 0 Å². The van der Waals surface area contributed by atoms with Crippen molar-refractivity contribution in [3.05, 3.63) is 0 Å². The van der Waals surface area contributed by atoms with Gasteiger partial charge in [-0.15, -0.1) is 0 Å². The lowest BCUT2D eigenvalue weighted by atomic mass is 9.81. The Labute approximate surface area is 101 Å². The van der Waals surface area contributed by atoms with E-state index in [9.17, 15) is 0 Å². The molecule has 1 aliphatic heterocycles. The van der Waals surface area contributed by atoms with Crippen LogP contribution in [0.4, 0.5) is 0 Å². The van der Waals surface area contributed by atoms with Gasteiger partial charge in [0.1, 0.15) is 0 Å². The van der Waals surface area contributed by atoms with Gasteiger partial charge in [0, 0.05) is 6.04 Å². The predicted molar refractivity (Wildman–Crippen MR) is 69.6 cm³/mol. The highest BCUT2D eigenvalue weighted by molar-refractivity contribution is 4.78. The third-order valence-corrected chi connectivity index (χ3v) is 4.58. The smallest absolute Gasteiger partial charge is 0.00913 e. The fourth-order valence-electron chi connectivity index (χ4n) is 3.20. The lowest BCUT2D eigenvalue weighted by molar-refractivity contribution is 0.249. The number of hydrogen-bond donors (Lipinski definition) is 2. The summed E-state index contributed by atoms with van der Waals surface area (Å²) < 4.78 is 0. The topological polar surface area (TPSA) is 24.1 Å². The van der Waals surface area contributed by atoms with Gasteiger partial charge in [0.05, 0.1) is 0 Å². The molecule has 1 saturated carbocycles. The van der Waals surface area contributed by atoms with E-state index < -0.39 is 0 Å². The highest BCUT2D eigenvalue weighted by atomic mass is 15.0. The average Bonchev–Trinajstić information content (AvgIpc) is 2.38. The van der Waals surface area contributed by atoms with E-state index in [0.717, 1.165) is 17.9 Å². The molecule has 0 amide bonds. The first kappa shape index (κ1) is 12.4. The number of rotatable bonds is 4. The first-order valence-corrected chi connectivity index (χ1v) is 7.32. The van der Waals surface area contributed by atoms with Crippen LogP contribution in [0.1, 0.15) is 51.9 Å². The number of hydrogen-bond acceptors (Lipinski definition) is 2. The van der Waals surface area contributed by atoms with E-state index in [1.54, 1.807) is 0 Å². The standard InChI is InChI=1S/C14H28N2/c1-2-12-3-5-13(6-4-12)11-16-14-7-9-15-10-8-14/h12-16H,2-11H2,1H3. The second kappa shape index (κ2) is 6.61. The summed E-state index contributed by atoms with van der Waals surface area (Å²) in [4.78, 5) is 0. The van der Waals surface area contributed by atoms with Gasteiger partial charge in [-0.05, 0) is 57.2 Å². The van der Waals surface area contributed by atoms with E-state index in [1.807, 2.05) is 0 Å². The summed E-state index contributed by atoms with van der Waals surface area (Å²) in [6.07, 6.45) is 9.94. The van der Waals surface area contributed by atoms with Crippen LogP contribution in [0.25, 0.3) is 0 Å². The molecule has 0 aromatic rings. The molecule has 2 N–H and O–H groups in total. The molecule has 2 fully saturated rings. The molecular weight excluding hydrogens is 196 g/mol. The van der Waals surface area contributed by atoms with Crippen molar-refractivity contribution in [2.75, 3.05) is 19.6 Å². The number of nitrogens with one attached hydrogen (secondary N) is 2. The Morgan fingerprint density at radius 3 is 2.19 bits per heavy atom. The summed E-state index contributed by atoms with van der Waals surface area (Å²) in [6.45, 7) is 6.04. The van der Waals surface area contributed by atoms with Crippen LogP contribution in [-0.4, -0.2) is 25.7 Å². The van der Waals surface area contributed by atoms with Gasteiger partial charge in [0.15, 0.2) is 0 Å². The highest BCUT2D eigenvalue weighted by Crippen LogP contribution is 2.30. The summed E-state index contributed by atoms with van der Waals surface area (Å²) in [5, 5.41) is 7.21. The van der Waals surface area contributed by atoms with Crippen molar-refractivity contribution >= 4 is 0 Å². The molecular formula is C14H28N2. The molecule has 0 aromatic heterocycles. The van der Waals surface area contributed by atoms with E-state index in [1.165, 1.54) is 64.6 Å². The largest absolute Gasteiger partial charge is 0.317 e. The van der Waals surface area contributed by atoms with Gasteiger partial charge >= 0.3 is 0 Å². The van der Waals surface area contributed by atoms with Crippen molar-refractivity contribution in [1.82, 2.24) is 10.6 Å². The van der Waals surface area contributed by atoms with Crippen molar-refractivity contribution in [3.8, 4) is 0 Å². The van der Waals surface area contributed by atoms with Gasteiger partial charge < -0.3 is 10.6 Å². The van der Waals surface area contributed by atoms with Gasteiger partial charge in [-0.3, -0.25) is 0 Å². The molecule has 2 heteroatoms. The molecule has 2 nitrogen and oxygen atoms in total. The molecule has 0 radical (unpaired) electrons. The van der Waals surface area contributed by atoms with Crippen molar-refractivity contribution in [2.24, 2.45) is 11.8 Å². The molecule has 0 aromatic carbocycles. The molecule has 1 aliphatic carbocycles. The van der Waals surface area contributed by atoms with Crippen LogP contribution in [0.2, 0.25) is 0 Å². The predicted octanol–water partition coefficient (Wildman–Crippen LogP) is 2.54. The van der Waals surface area contributed by atoms with E-state index in [2.05, 4.69) is 17.6 Å². The van der Waals surface area contributed by atoms with E-state index >= 15 is 0 Å². The van der Waals surface area contributed by atoms with Crippen LogP contribution in [0.3, 0.4) is 0 Å². The van der Waals surface area contributed by atoms with E-state index in [4.69, 9.17) is 0 Å². The summed E-state index contributed by atoms with van der Waals surface area (Å²) in [6, 6.07) is 0.796. The monoisotopic (exact) mass is 224 g/mol. The fourth-order valence-corrected chi connectivity index (χ4v) is 3.20. The van der Waals surface area contributed by atoms with Gasteiger partial charge in [-0.2, -0.15) is 0 Å². The van der Waals surface area contributed by atoms with Crippen LogP contribution in [0.15, 0.2) is 0 Å². The number of piperidine rings is 1. The van der Waals surface area contributed by atoms with Crippen molar-refractivity contribution in [3.63, 3.8) is 0 Å². The molecule has 1 saturated heterocycles. The van der Waals surface area contributed by atoms with Gasteiger partial charge in [-0.1, -0.05) is 26.2 Å². The Bertz CT molecular complexity index is 179. The van der Waals surface area contributed by atoms with Crippen molar-refractivity contribution in [2.45, 2.75) is 57.9 Å². The average molecular weight is 224 g/mol. The molecule has 16 heavy (non-hydrogen) atoms. The Hall–Kier alpha value is -0.0800. The second-order valence-corrected chi connectivity index (χ2v) is 5.73. The maximum absolute atomic E-state index is 3.78. The maximum atomic E-state index is 3.78. The van der Waals surface area contributed by atoms with Gasteiger partial charge in [-0.25, -0.2) is 0 Å². The zero-order valence-electron chi connectivity index (χ0n) is 10.8. The third kappa shape index (κ3) is 3.74. The van der Waals surface area contributed by atoms with Crippen molar-refractivity contribution in [1.29, 1.82) is 0 Å². The summed E-state index contributed by atoms with van der Waals surface area (Å²) >= 11 is 0. The van der Waals surface area contributed by atoms with Gasteiger partial charge in [0.2, 0.25) is 0 Å².